The van der Waals surface area contributed by atoms with Crippen molar-refractivity contribution in [3.63, 3.8) is 0 Å². The molecule has 2 aromatic heterocycles. The van der Waals surface area contributed by atoms with Crippen LogP contribution in [0.4, 0.5) is 5.69 Å². The van der Waals surface area contributed by atoms with Crippen molar-refractivity contribution in [2.45, 2.75) is 13.8 Å². The number of pyridine rings is 2. The summed E-state index contributed by atoms with van der Waals surface area (Å²) < 4.78 is 11.1. The molecule has 2 aromatic carbocycles. The molecule has 4 aromatic rings. The van der Waals surface area contributed by atoms with E-state index < -0.39 is 0 Å². The minimum Gasteiger partial charge on any atom is -0.497 e. The number of aromatic nitrogens is 2. The summed E-state index contributed by atoms with van der Waals surface area (Å²) in [5.41, 5.74) is 3.56. The quantitative estimate of drug-likeness (QED) is 0.493. The van der Waals surface area contributed by atoms with Gasteiger partial charge in [0.1, 0.15) is 17.2 Å². The Morgan fingerprint density at radius 3 is 2.60 bits per heavy atom. The van der Waals surface area contributed by atoms with E-state index in [9.17, 15) is 4.79 Å². The van der Waals surface area contributed by atoms with Gasteiger partial charge < -0.3 is 14.8 Å². The summed E-state index contributed by atoms with van der Waals surface area (Å²) in [5, 5.41) is 3.82. The minimum atomic E-state index is -0.210. The second-order valence-corrected chi connectivity index (χ2v) is 6.91. The monoisotopic (exact) mass is 399 g/mol. The molecule has 0 unspecified atom stereocenters. The van der Waals surface area contributed by atoms with Gasteiger partial charge in [-0.25, -0.2) is 0 Å². The molecule has 0 saturated heterocycles. The maximum absolute atomic E-state index is 12.9. The van der Waals surface area contributed by atoms with Gasteiger partial charge in [-0.05, 0) is 67.9 Å². The Bertz CT molecular complexity index is 1220. The Labute approximate surface area is 174 Å². The number of carbonyl (C=O) groups is 1. The standard InChI is InChI=1S/C24H21N3O3/c1-15-11-18(7-9-23(15)30-20-5-4-10-25-14-20)27-24(28)21-12-17-6-8-19(29-3)13-22(17)26-16(21)2/h4-14H,1-3H3,(H,27,28). The highest BCUT2D eigenvalue weighted by Crippen LogP contribution is 2.27. The van der Waals surface area contributed by atoms with Crippen LogP contribution >= 0.6 is 0 Å². The van der Waals surface area contributed by atoms with Crippen molar-refractivity contribution < 1.29 is 14.3 Å². The lowest BCUT2D eigenvalue weighted by atomic mass is 10.1. The molecule has 0 aliphatic rings. The third-order valence-corrected chi connectivity index (χ3v) is 4.76. The van der Waals surface area contributed by atoms with Crippen molar-refractivity contribution in [2.24, 2.45) is 0 Å². The van der Waals surface area contributed by atoms with Gasteiger partial charge in [0.25, 0.3) is 5.91 Å². The lowest BCUT2D eigenvalue weighted by Crippen LogP contribution is -2.14. The number of nitrogens with one attached hydrogen (secondary N) is 1. The summed E-state index contributed by atoms with van der Waals surface area (Å²) in [6.45, 7) is 3.75. The largest absolute Gasteiger partial charge is 0.497 e. The molecule has 6 nitrogen and oxygen atoms in total. The normalized spacial score (nSPS) is 10.6. The molecule has 0 radical (unpaired) electrons. The van der Waals surface area contributed by atoms with Crippen LogP contribution in [-0.2, 0) is 0 Å². The zero-order chi connectivity index (χ0) is 21.1. The average molecular weight is 399 g/mol. The molecule has 0 aliphatic carbocycles. The fraction of sp³-hybridized carbons (Fsp3) is 0.125. The van der Waals surface area contributed by atoms with Crippen LogP contribution in [0.25, 0.3) is 10.9 Å². The topological polar surface area (TPSA) is 73.3 Å². The number of ether oxygens (including phenoxy) is 2. The van der Waals surface area contributed by atoms with E-state index in [0.717, 1.165) is 22.2 Å². The fourth-order valence-electron chi connectivity index (χ4n) is 3.17. The zero-order valence-corrected chi connectivity index (χ0v) is 17.0. The lowest BCUT2D eigenvalue weighted by Gasteiger charge is -2.12. The maximum atomic E-state index is 12.9. The van der Waals surface area contributed by atoms with Crippen LogP contribution < -0.4 is 14.8 Å². The van der Waals surface area contributed by atoms with Gasteiger partial charge in [0.2, 0.25) is 0 Å². The second-order valence-electron chi connectivity index (χ2n) is 6.91. The van der Waals surface area contributed by atoms with Gasteiger partial charge in [-0.15, -0.1) is 0 Å². The Morgan fingerprint density at radius 1 is 1.00 bits per heavy atom. The summed E-state index contributed by atoms with van der Waals surface area (Å²) in [6, 6.07) is 16.6. The van der Waals surface area contributed by atoms with Crippen LogP contribution in [-0.4, -0.2) is 23.0 Å². The Kier molecular flexibility index (Phi) is 5.30. The molecule has 0 spiro atoms. The van der Waals surface area contributed by atoms with Crippen molar-refractivity contribution in [1.29, 1.82) is 0 Å². The molecule has 0 bridgehead atoms. The number of rotatable bonds is 5. The number of fused-ring (bicyclic) bond motifs is 1. The lowest BCUT2D eigenvalue weighted by molar-refractivity contribution is 0.102. The number of hydrogen-bond acceptors (Lipinski definition) is 5. The number of anilines is 1. The SMILES string of the molecule is COc1ccc2cc(C(=O)Nc3ccc(Oc4cccnc4)c(C)c3)c(C)nc2c1. The average Bonchev–Trinajstić information content (AvgIpc) is 2.75. The zero-order valence-electron chi connectivity index (χ0n) is 17.0. The number of carbonyl (C=O) groups excluding carboxylic acids is 1. The molecule has 150 valence electrons. The Morgan fingerprint density at radius 2 is 1.87 bits per heavy atom. The van der Waals surface area contributed by atoms with E-state index in [2.05, 4.69) is 15.3 Å². The van der Waals surface area contributed by atoms with Crippen molar-refractivity contribution in [3.8, 4) is 17.2 Å². The second kappa shape index (κ2) is 8.21. The van der Waals surface area contributed by atoms with Gasteiger partial charge in [-0.1, -0.05) is 0 Å². The van der Waals surface area contributed by atoms with Crippen LogP contribution in [0.3, 0.4) is 0 Å². The molecule has 0 aliphatic heterocycles. The molecule has 30 heavy (non-hydrogen) atoms. The van der Waals surface area contributed by atoms with E-state index in [4.69, 9.17) is 9.47 Å². The molecule has 6 heteroatoms. The predicted octanol–water partition coefficient (Wildman–Crippen LogP) is 5.30. The summed E-state index contributed by atoms with van der Waals surface area (Å²) in [5.74, 6) is 1.89. The van der Waals surface area contributed by atoms with Gasteiger partial charge in [0, 0.05) is 23.3 Å². The minimum absolute atomic E-state index is 0.210. The highest BCUT2D eigenvalue weighted by atomic mass is 16.5. The molecule has 0 fully saturated rings. The Balaban J connectivity index is 1.55. The highest BCUT2D eigenvalue weighted by molar-refractivity contribution is 6.06. The van der Waals surface area contributed by atoms with Crippen molar-refractivity contribution >= 4 is 22.5 Å². The van der Waals surface area contributed by atoms with E-state index >= 15 is 0 Å². The third kappa shape index (κ3) is 4.07. The molecule has 2 heterocycles. The maximum Gasteiger partial charge on any atom is 0.257 e. The van der Waals surface area contributed by atoms with Gasteiger partial charge >= 0.3 is 0 Å². The first kappa shape index (κ1) is 19.4. The summed E-state index contributed by atoms with van der Waals surface area (Å²) >= 11 is 0. The van der Waals surface area contributed by atoms with Crippen molar-refractivity contribution in [3.05, 3.63) is 83.8 Å². The number of hydrogen-bond donors (Lipinski definition) is 1. The van der Waals surface area contributed by atoms with Gasteiger partial charge in [-0.3, -0.25) is 14.8 Å². The summed E-state index contributed by atoms with van der Waals surface area (Å²) in [7, 11) is 1.62. The van der Waals surface area contributed by atoms with E-state index in [1.54, 1.807) is 19.5 Å². The third-order valence-electron chi connectivity index (χ3n) is 4.76. The molecule has 0 saturated carbocycles. The highest BCUT2D eigenvalue weighted by Gasteiger charge is 2.13. The summed E-state index contributed by atoms with van der Waals surface area (Å²) in [6.07, 6.45) is 3.35. The fourth-order valence-corrected chi connectivity index (χ4v) is 3.17. The number of benzene rings is 2. The Hall–Kier alpha value is -3.93. The van der Waals surface area contributed by atoms with Crippen molar-refractivity contribution in [2.75, 3.05) is 12.4 Å². The first-order chi connectivity index (χ1) is 14.5. The van der Waals surface area contributed by atoms with Gasteiger partial charge in [-0.2, -0.15) is 0 Å². The van der Waals surface area contributed by atoms with Gasteiger partial charge in [0.05, 0.1) is 30.1 Å². The number of amides is 1. The molecular formula is C24H21N3O3. The molecule has 4 rings (SSSR count). The van der Waals surface area contributed by atoms with E-state index in [0.29, 0.717) is 28.4 Å². The molecular weight excluding hydrogens is 378 g/mol. The van der Waals surface area contributed by atoms with Crippen LogP contribution in [0.2, 0.25) is 0 Å². The van der Waals surface area contributed by atoms with Gasteiger partial charge in [0.15, 0.2) is 0 Å². The van der Waals surface area contributed by atoms with Crippen LogP contribution in [0.15, 0.2) is 67.0 Å². The van der Waals surface area contributed by atoms with E-state index in [1.807, 2.05) is 68.4 Å². The van der Waals surface area contributed by atoms with E-state index in [-0.39, 0.29) is 5.91 Å². The first-order valence-electron chi connectivity index (χ1n) is 9.49. The predicted molar refractivity (Wildman–Crippen MR) is 116 cm³/mol. The molecule has 0 atom stereocenters. The van der Waals surface area contributed by atoms with Crippen LogP contribution in [0.5, 0.6) is 17.2 Å². The summed E-state index contributed by atoms with van der Waals surface area (Å²) in [4.78, 5) is 21.5. The first-order valence-corrected chi connectivity index (χ1v) is 9.49. The van der Waals surface area contributed by atoms with E-state index in [1.165, 1.54) is 0 Å². The number of aryl methyl sites for hydroxylation is 2. The van der Waals surface area contributed by atoms with Crippen LogP contribution in [0.1, 0.15) is 21.6 Å². The van der Waals surface area contributed by atoms with Crippen molar-refractivity contribution in [1.82, 2.24) is 9.97 Å². The molecule has 1 N–H and O–H groups in total. The number of methoxy groups -OCH3 is 1. The molecule has 1 amide bonds. The van der Waals surface area contributed by atoms with Crippen LogP contribution in [0, 0.1) is 13.8 Å². The smallest absolute Gasteiger partial charge is 0.257 e. The number of nitrogens with zero attached hydrogens (tertiary/aromatic N) is 2.